The molecule has 2 nitrogen and oxygen atoms in total. The van der Waals surface area contributed by atoms with Crippen LogP contribution < -0.4 is 5.32 Å². The second-order valence-electron chi connectivity index (χ2n) is 5.70. The summed E-state index contributed by atoms with van der Waals surface area (Å²) in [5.41, 5.74) is 3.93. The zero-order chi connectivity index (χ0) is 12.0. The van der Waals surface area contributed by atoms with Crippen molar-refractivity contribution in [2.24, 2.45) is 5.92 Å². The van der Waals surface area contributed by atoms with Crippen LogP contribution in [0.25, 0.3) is 0 Å². The van der Waals surface area contributed by atoms with Gasteiger partial charge in [0.2, 0.25) is 0 Å². The Morgan fingerprint density at radius 3 is 3.06 bits per heavy atom. The Hall–Kier alpha value is -1.33. The van der Waals surface area contributed by atoms with Gasteiger partial charge in [-0.3, -0.25) is 0 Å². The van der Waals surface area contributed by atoms with Gasteiger partial charge in [0.25, 0.3) is 0 Å². The van der Waals surface area contributed by atoms with Crippen molar-refractivity contribution in [1.29, 1.82) is 5.26 Å². The maximum Gasteiger partial charge on any atom is 0.0991 e. The molecular weight excluding hydrogens is 208 g/mol. The number of nitriles is 1. The molecule has 17 heavy (non-hydrogen) atoms. The molecule has 2 heteroatoms. The van der Waals surface area contributed by atoms with Crippen LogP contribution in [0.15, 0.2) is 18.2 Å². The van der Waals surface area contributed by atoms with E-state index in [1.54, 1.807) is 0 Å². The van der Waals surface area contributed by atoms with Gasteiger partial charge >= 0.3 is 0 Å². The normalized spacial score (nSPS) is 34.9. The van der Waals surface area contributed by atoms with Gasteiger partial charge in [-0.05, 0) is 54.0 Å². The van der Waals surface area contributed by atoms with Crippen molar-refractivity contribution >= 4 is 0 Å². The number of fused-ring (bicyclic) bond motifs is 4. The van der Waals surface area contributed by atoms with Gasteiger partial charge in [-0.2, -0.15) is 5.26 Å². The fraction of sp³-hybridized carbons (Fsp3) is 0.533. The van der Waals surface area contributed by atoms with Crippen LogP contribution in [0.3, 0.4) is 0 Å². The SMILES string of the molecule is CC1C2Cc3cc(C#N)ccc3C1(C)CCN2. The van der Waals surface area contributed by atoms with E-state index in [-0.39, 0.29) is 5.41 Å². The lowest BCUT2D eigenvalue weighted by atomic mass is 9.59. The molecule has 1 aromatic rings. The molecule has 2 bridgehead atoms. The molecule has 1 N–H and O–H groups in total. The highest BCUT2D eigenvalue weighted by molar-refractivity contribution is 5.45. The molecule has 88 valence electrons. The monoisotopic (exact) mass is 226 g/mol. The predicted molar refractivity (Wildman–Crippen MR) is 67.8 cm³/mol. The molecule has 1 saturated heterocycles. The molecule has 2 aliphatic rings. The summed E-state index contributed by atoms with van der Waals surface area (Å²) in [7, 11) is 0. The fourth-order valence-electron chi connectivity index (χ4n) is 3.62. The molecule has 1 aliphatic carbocycles. The molecule has 1 aliphatic heterocycles. The third-order valence-electron chi connectivity index (χ3n) is 4.95. The quantitative estimate of drug-likeness (QED) is 0.737. The van der Waals surface area contributed by atoms with E-state index in [4.69, 9.17) is 5.26 Å². The first kappa shape index (κ1) is 10.8. The summed E-state index contributed by atoms with van der Waals surface area (Å²) >= 11 is 0. The molecule has 0 radical (unpaired) electrons. The summed E-state index contributed by atoms with van der Waals surface area (Å²) in [5.74, 6) is 0.677. The highest BCUT2D eigenvalue weighted by Crippen LogP contribution is 2.45. The summed E-state index contributed by atoms with van der Waals surface area (Å²) in [5, 5.41) is 12.6. The number of rotatable bonds is 0. The first-order valence-electron chi connectivity index (χ1n) is 6.42. The van der Waals surface area contributed by atoms with Crippen LogP contribution in [0.2, 0.25) is 0 Å². The van der Waals surface area contributed by atoms with Crippen LogP contribution in [-0.2, 0) is 11.8 Å². The van der Waals surface area contributed by atoms with E-state index in [0.717, 1.165) is 18.5 Å². The highest BCUT2D eigenvalue weighted by atomic mass is 14.9. The topological polar surface area (TPSA) is 35.8 Å². The summed E-state index contributed by atoms with van der Waals surface area (Å²) < 4.78 is 0. The minimum atomic E-state index is 0.289. The Balaban J connectivity index is 2.16. The van der Waals surface area contributed by atoms with E-state index in [1.165, 1.54) is 17.5 Å². The second kappa shape index (κ2) is 3.58. The number of hydrogen-bond donors (Lipinski definition) is 1. The summed E-state index contributed by atoms with van der Waals surface area (Å²) in [6.07, 6.45) is 2.27. The zero-order valence-electron chi connectivity index (χ0n) is 10.5. The van der Waals surface area contributed by atoms with E-state index >= 15 is 0 Å². The number of benzene rings is 1. The maximum atomic E-state index is 8.99. The summed E-state index contributed by atoms with van der Waals surface area (Å²) in [6, 6.07) is 9.07. The van der Waals surface area contributed by atoms with E-state index in [1.807, 2.05) is 6.07 Å². The Morgan fingerprint density at radius 2 is 2.29 bits per heavy atom. The number of piperidine rings is 1. The predicted octanol–water partition coefficient (Wildman–Crippen LogP) is 2.37. The molecule has 1 aromatic carbocycles. The molecule has 3 rings (SSSR count). The third-order valence-corrected chi connectivity index (χ3v) is 4.95. The second-order valence-corrected chi connectivity index (χ2v) is 5.70. The highest BCUT2D eigenvalue weighted by Gasteiger charge is 2.45. The first-order chi connectivity index (χ1) is 8.15. The minimum absolute atomic E-state index is 0.289. The van der Waals surface area contributed by atoms with Gasteiger partial charge in [-0.1, -0.05) is 19.9 Å². The Bertz CT molecular complexity index is 500. The maximum absolute atomic E-state index is 8.99. The van der Waals surface area contributed by atoms with Gasteiger partial charge < -0.3 is 5.32 Å². The molecule has 0 aromatic heterocycles. The average Bonchev–Trinajstić information content (AvgIpc) is 2.32. The smallest absolute Gasteiger partial charge is 0.0991 e. The van der Waals surface area contributed by atoms with E-state index in [2.05, 4.69) is 37.4 Å². The Kier molecular flexibility index (Phi) is 2.27. The van der Waals surface area contributed by atoms with Crippen molar-refractivity contribution < 1.29 is 0 Å². The molecule has 0 saturated carbocycles. The Labute approximate surface area is 103 Å². The zero-order valence-corrected chi connectivity index (χ0v) is 10.5. The van der Waals surface area contributed by atoms with Crippen LogP contribution in [0.4, 0.5) is 0 Å². The third kappa shape index (κ3) is 1.42. The van der Waals surface area contributed by atoms with E-state index in [9.17, 15) is 0 Å². The van der Waals surface area contributed by atoms with Gasteiger partial charge in [0.15, 0.2) is 0 Å². The van der Waals surface area contributed by atoms with Crippen molar-refractivity contribution in [3.8, 4) is 6.07 Å². The van der Waals surface area contributed by atoms with Crippen molar-refractivity contribution in [1.82, 2.24) is 5.32 Å². The van der Waals surface area contributed by atoms with Crippen LogP contribution in [0.5, 0.6) is 0 Å². The molecule has 0 spiro atoms. The largest absolute Gasteiger partial charge is 0.313 e. The van der Waals surface area contributed by atoms with Crippen molar-refractivity contribution in [2.75, 3.05) is 6.54 Å². The summed E-state index contributed by atoms with van der Waals surface area (Å²) in [4.78, 5) is 0. The van der Waals surface area contributed by atoms with Gasteiger partial charge in [0, 0.05) is 6.04 Å². The van der Waals surface area contributed by atoms with Gasteiger partial charge in [-0.25, -0.2) is 0 Å². The fourth-order valence-corrected chi connectivity index (χ4v) is 3.62. The van der Waals surface area contributed by atoms with Crippen LogP contribution in [0.1, 0.15) is 37.0 Å². The number of nitrogens with zero attached hydrogens (tertiary/aromatic N) is 1. The van der Waals surface area contributed by atoms with E-state index in [0.29, 0.717) is 12.0 Å². The molecule has 0 amide bonds. The van der Waals surface area contributed by atoms with Gasteiger partial charge in [0.1, 0.15) is 0 Å². The molecule has 1 heterocycles. The van der Waals surface area contributed by atoms with Crippen molar-refractivity contribution in [2.45, 2.75) is 38.1 Å². The Morgan fingerprint density at radius 1 is 1.47 bits per heavy atom. The number of hydrogen-bond acceptors (Lipinski definition) is 2. The number of nitrogens with one attached hydrogen (secondary N) is 1. The molecule has 1 fully saturated rings. The van der Waals surface area contributed by atoms with Crippen LogP contribution >= 0.6 is 0 Å². The standard InChI is InChI=1S/C15H18N2/c1-10-14-8-12-7-11(9-16)3-4-13(12)15(10,2)5-6-17-14/h3-4,7,10,14,17H,5-6,8H2,1-2H3. The lowest BCUT2D eigenvalue weighted by Gasteiger charge is -2.50. The van der Waals surface area contributed by atoms with Crippen LogP contribution in [0, 0.1) is 17.2 Å². The van der Waals surface area contributed by atoms with Crippen molar-refractivity contribution in [3.63, 3.8) is 0 Å². The minimum Gasteiger partial charge on any atom is -0.313 e. The lowest BCUT2D eigenvalue weighted by Crippen LogP contribution is -2.56. The average molecular weight is 226 g/mol. The van der Waals surface area contributed by atoms with Crippen LogP contribution in [-0.4, -0.2) is 12.6 Å². The van der Waals surface area contributed by atoms with Crippen molar-refractivity contribution in [3.05, 3.63) is 34.9 Å². The molecule has 3 unspecified atom stereocenters. The van der Waals surface area contributed by atoms with Gasteiger partial charge in [-0.15, -0.1) is 0 Å². The molecular formula is C15H18N2. The van der Waals surface area contributed by atoms with Gasteiger partial charge in [0.05, 0.1) is 11.6 Å². The molecule has 3 atom stereocenters. The first-order valence-corrected chi connectivity index (χ1v) is 6.42. The van der Waals surface area contributed by atoms with E-state index < -0.39 is 0 Å². The lowest BCUT2D eigenvalue weighted by molar-refractivity contribution is 0.158. The summed E-state index contributed by atoms with van der Waals surface area (Å²) in [6.45, 7) is 5.86.